The summed E-state index contributed by atoms with van der Waals surface area (Å²) in [4.78, 5) is 4.75. The van der Waals surface area contributed by atoms with Gasteiger partial charge in [-0.15, -0.1) is 0 Å². The highest BCUT2D eigenvalue weighted by Crippen LogP contribution is 2.49. The second-order valence-corrected chi connectivity index (χ2v) is 7.35. The molecule has 0 saturated carbocycles. The number of aryl methyl sites for hydroxylation is 1. The van der Waals surface area contributed by atoms with E-state index < -0.39 is 0 Å². The van der Waals surface area contributed by atoms with Crippen molar-refractivity contribution in [3.05, 3.63) is 84.6 Å². The number of benzene rings is 4. The van der Waals surface area contributed by atoms with Crippen molar-refractivity contribution in [3.63, 3.8) is 0 Å². The Bertz CT molecular complexity index is 1460. The number of nitrogens with zero attached hydrogens (tertiary/aromatic N) is 1. The number of hydrogen-bond donors (Lipinski definition) is 0. The summed E-state index contributed by atoms with van der Waals surface area (Å²) in [6.07, 6.45) is 3.83. The highest BCUT2D eigenvalue weighted by molar-refractivity contribution is 6.17. The standard InChI is InChI=1S/C26H17NO/c1-3-18-15(2)8-9-19-20-10-11-27-26-22-12-16-6-4-5-7-17(16)13-23(22)28-24(25(20)26)14-21(18)19/h3-14H,1H2,2H3. The molecular formula is C26H17NO. The summed E-state index contributed by atoms with van der Waals surface area (Å²) in [7, 11) is 0. The SMILES string of the molecule is C=Cc1c(C)ccc2c1cc1c3c(nccc32)-c2cc3ccccc3cc2O1. The zero-order chi connectivity index (χ0) is 18.8. The Morgan fingerprint density at radius 1 is 0.857 bits per heavy atom. The zero-order valence-electron chi connectivity index (χ0n) is 15.5. The van der Waals surface area contributed by atoms with Crippen LogP contribution in [0, 0.1) is 6.92 Å². The highest BCUT2D eigenvalue weighted by atomic mass is 16.5. The van der Waals surface area contributed by atoms with Gasteiger partial charge in [-0.25, -0.2) is 0 Å². The minimum absolute atomic E-state index is 0.860. The van der Waals surface area contributed by atoms with Gasteiger partial charge in [0.15, 0.2) is 0 Å². The lowest BCUT2D eigenvalue weighted by Crippen LogP contribution is -2.00. The predicted molar refractivity (Wildman–Crippen MR) is 117 cm³/mol. The lowest BCUT2D eigenvalue weighted by Gasteiger charge is -2.22. The lowest BCUT2D eigenvalue weighted by atomic mass is 9.91. The highest BCUT2D eigenvalue weighted by Gasteiger charge is 2.23. The molecule has 28 heavy (non-hydrogen) atoms. The molecule has 2 heterocycles. The molecule has 0 bridgehead atoms. The number of fused-ring (bicyclic) bond motifs is 5. The maximum Gasteiger partial charge on any atom is 0.138 e. The molecule has 132 valence electrons. The van der Waals surface area contributed by atoms with Crippen molar-refractivity contribution in [2.24, 2.45) is 0 Å². The van der Waals surface area contributed by atoms with E-state index in [2.05, 4.69) is 74.2 Å². The van der Waals surface area contributed by atoms with E-state index in [1.54, 1.807) is 0 Å². The topological polar surface area (TPSA) is 22.1 Å². The second kappa shape index (κ2) is 5.43. The number of rotatable bonds is 1. The Morgan fingerprint density at radius 2 is 1.68 bits per heavy atom. The molecule has 5 aromatic rings. The Morgan fingerprint density at radius 3 is 2.50 bits per heavy atom. The average molecular weight is 359 g/mol. The molecule has 0 spiro atoms. The van der Waals surface area contributed by atoms with Crippen LogP contribution in [-0.2, 0) is 0 Å². The Hall–Kier alpha value is -3.65. The van der Waals surface area contributed by atoms with Gasteiger partial charge in [-0.05, 0) is 69.2 Å². The van der Waals surface area contributed by atoms with Gasteiger partial charge in [-0.1, -0.05) is 49.1 Å². The first-order valence-corrected chi connectivity index (χ1v) is 9.43. The molecule has 6 rings (SSSR count). The van der Waals surface area contributed by atoms with Gasteiger partial charge in [0.2, 0.25) is 0 Å². The third-order valence-electron chi connectivity index (χ3n) is 5.80. The van der Waals surface area contributed by atoms with Crippen molar-refractivity contribution in [3.8, 4) is 22.8 Å². The van der Waals surface area contributed by atoms with Crippen LogP contribution in [0.15, 0.2) is 73.4 Å². The molecule has 0 N–H and O–H groups in total. The summed E-state index contributed by atoms with van der Waals surface area (Å²) in [5, 5.41) is 6.98. The maximum atomic E-state index is 6.43. The van der Waals surface area contributed by atoms with Crippen molar-refractivity contribution >= 4 is 38.4 Å². The predicted octanol–water partition coefficient (Wildman–Crippen LogP) is 7.27. The zero-order valence-corrected chi connectivity index (χ0v) is 15.5. The fraction of sp³-hybridized carbons (Fsp3) is 0.0385. The van der Waals surface area contributed by atoms with E-state index in [0.717, 1.165) is 33.7 Å². The number of ether oxygens (including phenoxy) is 1. The third kappa shape index (κ3) is 1.95. The number of pyridine rings is 1. The summed E-state index contributed by atoms with van der Waals surface area (Å²) < 4.78 is 6.43. The molecule has 0 amide bonds. The Kier molecular flexibility index (Phi) is 2.99. The smallest absolute Gasteiger partial charge is 0.138 e. The molecule has 0 saturated heterocycles. The number of aromatic nitrogens is 1. The van der Waals surface area contributed by atoms with Gasteiger partial charge < -0.3 is 4.74 Å². The lowest BCUT2D eigenvalue weighted by molar-refractivity contribution is 0.488. The van der Waals surface area contributed by atoms with Crippen molar-refractivity contribution < 1.29 is 4.74 Å². The molecule has 0 fully saturated rings. The van der Waals surface area contributed by atoms with Crippen LogP contribution >= 0.6 is 0 Å². The van der Waals surface area contributed by atoms with E-state index in [9.17, 15) is 0 Å². The Labute approximate surface area is 162 Å². The van der Waals surface area contributed by atoms with Crippen LogP contribution in [0.2, 0.25) is 0 Å². The molecule has 0 aliphatic carbocycles. The summed E-state index contributed by atoms with van der Waals surface area (Å²) in [6, 6.07) is 21.2. The van der Waals surface area contributed by atoms with E-state index in [-0.39, 0.29) is 0 Å². The summed E-state index contributed by atoms with van der Waals surface area (Å²) in [6.45, 7) is 6.14. The van der Waals surface area contributed by atoms with Gasteiger partial charge in [0.25, 0.3) is 0 Å². The summed E-state index contributed by atoms with van der Waals surface area (Å²) in [5.41, 5.74) is 4.40. The second-order valence-electron chi connectivity index (χ2n) is 7.35. The van der Waals surface area contributed by atoms with Crippen LogP contribution in [0.3, 0.4) is 0 Å². The van der Waals surface area contributed by atoms with Crippen molar-refractivity contribution in [1.29, 1.82) is 0 Å². The summed E-state index contributed by atoms with van der Waals surface area (Å²) >= 11 is 0. The first-order valence-electron chi connectivity index (χ1n) is 9.43. The summed E-state index contributed by atoms with van der Waals surface area (Å²) in [5.74, 6) is 1.72. The van der Waals surface area contributed by atoms with E-state index in [1.807, 2.05) is 12.3 Å². The van der Waals surface area contributed by atoms with Crippen LogP contribution in [0.4, 0.5) is 0 Å². The van der Waals surface area contributed by atoms with Gasteiger partial charge in [0.05, 0.1) is 11.1 Å². The average Bonchev–Trinajstić information content (AvgIpc) is 2.72. The maximum absolute atomic E-state index is 6.43. The number of hydrogen-bond acceptors (Lipinski definition) is 2. The molecule has 1 aliphatic heterocycles. The van der Waals surface area contributed by atoms with Crippen LogP contribution in [0.25, 0.3) is 49.7 Å². The molecule has 0 unspecified atom stereocenters. The largest absolute Gasteiger partial charge is 0.456 e. The molecule has 4 aromatic carbocycles. The minimum Gasteiger partial charge on any atom is -0.456 e. The van der Waals surface area contributed by atoms with Crippen LogP contribution in [-0.4, -0.2) is 4.98 Å². The molecule has 0 atom stereocenters. The van der Waals surface area contributed by atoms with Crippen molar-refractivity contribution in [2.45, 2.75) is 6.92 Å². The molecular weight excluding hydrogens is 342 g/mol. The normalized spacial score (nSPS) is 12.2. The third-order valence-corrected chi connectivity index (χ3v) is 5.80. The van der Waals surface area contributed by atoms with Gasteiger partial charge in [0.1, 0.15) is 11.5 Å². The Balaban J connectivity index is 1.78. The molecule has 1 aromatic heterocycles. The minimum atomic E-state index is 0.860. The molecule has 0 radical (unpaired) electrons. The van der Waals surface area contributed by atoms with Gasteiger partial charge >= 0.3 is 0 Å². The van der Waals surface area contributed by atoms with E-state index in [4.69, 9.17) is 9.72 Å². The van der Waals surface area contributed by atoms with Crippen LogP contribution in [0.5, 0.6) is 11.5 Å². The first kappa shape index (κ1) is 15.4. The van der Waals surface area contributed by atoms with E-state index in [0.29, 0.717) is 0 Å². The molecule has 2 heteroatoms. The first-order chi connectivity index (χ1) is 13.7. The van der Waals surface area contributed by atoms with Crippen LogP contribution < -0.4 is 4.74 Å². The monoisotopic (exact) mass is 359 g/mol. The molecule has 2 nitrogen and oxygen atoms in total. The van der Waals surface area contributed by atoms with Gasteiger partial charge in [-0.2, -0.15) is 0 Å². The van der Waals surface area contributed by atoms with Crippen molar-refractivity contribution in [1.82, 2.24) is 4.98 Å². The quantitative estimate of drug-likeness (QED) is 0.288. The fourth-order valence-electron chi connectivity index (χ4n) is 4.44. The fourth-order valence-corrected chi connectivity index (χ4v) is 4.44. The van der Waals surface area contributed by atoms with E-state index >= 15 is 0 Å². The molecule has 1 aliphatic rings. The van der Waals surface area contributed by atoms with Crippen molar-refractivity contribution in [2.75, 3.05) is 0 Å². The van der Waals surface area contributed by atoms with E-state index in [1.165, 1.54) is 32.5 Å². The van der Waals surface area contributed by atoms with Crippen LogP contribution in [0.1, 0.15) is 11.1 Å². The van der Waals surface area contributed by atoms with Gasteiger partial charge in [0, 0.05) is 11.8 Å². The van der Waals surface area contributed by atoms with Gasteiger partial charge in [-0.3, -0.25) is 4.98 Å².